The standard InChI is InChI=1S/C27H29FN10O/c1-3-4-5-20(39)32-17-12-16(13-29-14-17)18-15-31-25-21(22(18)28)24(35-36-25)26-33-19-6-7-30-27(23(19)34-26)38-10-8-37(2)9-11-38/h6-7,12-15H,3-5,8-11H2,1-2H3,(H,32,39)(H,33,34)(H,31,35,36). The van der Waals surface area contributed by atoms with E-state index in [4.69, 9.17) is 4.98 Å². The van der Waals surface area contributed by atoms with Crippen LogP contribution in [0.4, 0.5) is 15.9 Å². The highest BCUT2D eigenvalue weighted by atomic mass is 19.1. The molecule has 0 bridgehead atoms. The van der Waals surface area contributed by atoms with Crippen LogP contribution >= 0.6 is 0 Å². The predicted octanol–water partition coefficient (Wildman–Crippen LogP) is 3.98. The number of pyridine rings is 3. The molecule has 0 atom stereocenters. The van der Waals surface area contributed by atoms with Crippen molar-refractivity contribution < 1.29 is 9.18 Å². The lowest BCUT2D eigenvalue weighted by atomic mass is 10.1. The number of piperazine rings is 1. The average Bonchev–Trinajstić information content (AvgIpc) is 3.57. The summed E-state index contributed by atoms with van der Waals surface area (Å²) in [6, 6.07) is 3.55. The number of aromatic nitrogens is 7. The molecule has 0 unspecified atom stereocenters. The summed E-state index contributed by atoms with van der Waals surface area (Å²) in [6.07, 6.45) is 8.41. The van der Waals surface area contributed by atoms with Gasteiger partial charge in [-0.15, -0.1) is 0 Å². The van der Waals surface area contributed by atoms with Gasteiger partial charge >= 0.3 is 0 Å². The number of nitrogens with one attached hydrogen (secondary N) is 3. The summed E-state index contributed by atoms with van der Waals surface area (Å²) in [4.78, 5) is 38.0. The van der Waals surface area contributed by atoms with E-state index in [1.54, 1.807) is 24.7 Å². The van der Waals surface area contributed by atoms with Crippen molar-refractivity contribution in [2.24, 2.45) is 0 Å². The quantitative estimate of drug-likeness (QED) is 0.289. The second kappa shape index (κ2) is 10.4. The maximum Gasteiger partial charge on any atom is 0.224 e. The first-order valence-corrected chi connectivity index (χ1v) is 13.1. The molecule has 6 heterocycles. The average molecular weight is 529 g/mol. The molecule has 1 saturated heterocycles. The molecule has 1 fully saturated rings. The van der Waals surface area contributed by atoms with Gasteiger partial charge in [0.05, 0.1) is 22.8 Å². The van der Waals surface area contributed by atoms with Gasteiger partial charge in [0.2, 0.25) is 5.91 Å². The SMILES string of the molecule is CCCCC(=O)Nc1cncc(-c2cnc3n[nH]c(-c4nc5c(N6CCN(C)CC6)nccc5[nH]4)c3c2F)c1. The van der Waals surface area contributed by atoms with Crippen LogP contribution in [-0.4, -0.2) is 79.2 Å². The smallest absolute Gasteiger partial charge is 0.224 e. The Morgan fingerprint density at radius 3 is 2.82 bits per heavy atom. The van der Waals surface area contributed by atoms with Crippen molar-refractivity contribution in [2.45, 2.75) is 26.2 Å². The van der Waals surface area contributed by atoms with Crippen molar-refractivity contribution in [1.29, 1.82) is 0 Å². The monoisotopic (exact) mass is 528 g/mol. The summed E-state index contributed by atoms with van der Waals surface area (Å²) < 4.78 is 16.1. The van der Waals surface area contributed by atoms with Crippen molar-refractivity contribution in [1.82, 2.24) is 40.0 Å². The van der Waals surface area contributed by atoms with Crippen LogP contribution in [0.5, 0.6) is 0 Å². The molecule has 39 heavy (non-hydrogen) atoms. The number of halogens is 1. The number of anilines is 2. The number of carbonyl (C=O) groups excluding carboxylic acids is 1. The van der Waals surface area contributed by atoms with E-state index in [9.17, 15) is 4.79 Å². The molecule has 0 aromatic carbocycles. The Balaban J connectivity index is 1.37. The lowest BCUT2D eigenvalue weighted by molar-refractivity contribution is -0.116. The fraction of sp³-hybridized carbons (Fsp3) is 0.333. The van der Waals surface area contributed by atoms with E-state index in [1.165, 1.54) is 6.20 Å². The van der Waals surface area contributed by atoms with E-state index in [2.05, 4.69) is 52.3 Å². The fourth-order valence-corrected chi connectivity index (χ4v) is 4.83. The topological polar surface area (TPSA) is 132 Å². The summed E-state index contributed by atoms with van der Waals surface area (Å²) in [5.74, 6) is 0.647. The van der Waals surface area contributed by atoms with Crippen molar-refractivity contribution >= 4 is 39.5 Å². The molecule has 0 aliphatic carbocycles. The minimum absolute atomic E-state index is 0.0997. The highest BCUT2D eigenvalue weighted by Gasteiger charge is 2.23. The number of carbonyl (C=O) groups is 1. The van der Waals surface area contributed by atoms with Crippen molar-refractivity contribution in [3.63, 3.8) is 0 Å². The predicted molar refractivity (Wildman–Crippen MR) is 148 cm³/mol. The molecule has 1 aliphatic rings. The normalized spacial score (nSPS) is 14.4. The highest BCUT2D eigenvalue weighted by Crippen LogP contribution is 2.34. The Hall–Kier alpha value is -4.45. The number of imidazole rings is 1. The Labute approximate surface area is 223 Å². The van der Waals surface area contributed by atoms with Gasteiger partial charge in [-0.3, -0.25) is 14.9 Å². The van der Waals surface area contributed by atoms with Crippen LogP contribution in [0.3, 0.4) is 0 Å². The summed E-state index contributed by atoms with van der Waals surface area (Å²) in [5, 5.41) is 10.2. The fourth-order valence-electron chi connectivity index (χ4n) is 4.83. The molecule has 0 spiro atoms. The van der Waals surface area contributed by atoms with Crippen molar-refractivity contribution in [3.05, 3.63) is 42.7 Å². The van der Waals surface area contributed by atoms with E-state index in [-0.39, 0.29) is 22.5 Å². The molecule has 3 N–H and O–H groups in total. The van der Waals surface area contributed by atoms with Crippen LogP contribution in [0.15, 0.2) is 36.9 Å². The summed E-state index contributed by atoms with van der Waals surface area (Å²) >= 11 is 0. The molecular formula is C27H29FN10O. The van der Waals surface area contributed by atoms with Gasteiger partial charge in [0.15, 0.2) is 17.3 Å². The van der Waals surface area contributed by atoms with E-state index < -0.39 is 5.82 Å². The van der Waals surface area contributed by atoms with Gasteiger partial charge in [-0.1, -0.05) is 13.3 Å². The largest absolute Gasteiger partial charge is 0.352 e. The van der Waals surface area contributed by atoms with Crippen LogP contribution in [0, 0.1) is 5.82 Å². The number of nitrogens with zero attached hydrogens (tertiary/aromatic N) is 7. The Bertz CT molecular complexity index is 1650. The van der Waals surface area contributed by atoms with E-state index in [1.807, 2.05) is 13.0 Å². The van der Waals surface area contributed by atoms with Crippen LogP contribution in [-0.2, 0) is 4.79 Å². The third kappa shape index (κ3) is 4.78. The number of unbranched alkanes of at least 4 members (excludes halogenated alkanes) is 1. The van der Waals surface area contributed by atoms with Gasteiger partial charge in [0.25, 0.3) is 0 Å². The number of hydrogen-bond acceptors (Lipinski definition) is 8. The van der Waals surface area contributed by atoms with Crippen LogP contribution in [0.25, 0.3) is 44.7 Å². The van der Waals surface area contributed by atoms with Gasteiger partial charge in [-0.05, 0) is 25.6 Å². The van der Waals surface area contributed by atoms with E-state index in [0.29, 0.717) is 29.2 Å². The van der Waals surface area contributed by atoms with E-state index in [0.717, 1.165) is 55.9 Å². The van der Waals surface area contributed by atoms with Gasteiger partial charge in [0, 0.05) is 62.3 Å². The van der Waals surface area contributed by atoms with Crippen molar-refractivity contribution in [3.8, 4) is 22.6 Å². The zero-order valence-corrected chi connectivity index (χ0v) is 21.8. The third-order valence-corrected chi connectivity index (χ3v) is 7.03. The number of likely N-dealkylation sites (N-methyl/N-ethyl adjacent to an activating group) is 1. The molecule has 1 aliphatic heterocycles. The number of hydrogen-bond donors (Lipinski definition) is 3. The Morgan fingerprint density at radius 1 is 1.15 bits per heavy atom. The molecule has 11 nitrogen and oxygen atoms in total. The number of rotatable bonds is 7. The molecule has 200 valence electrons. The Morgan fingerprint density at radius 2 is 2.00 bits per heavy atom. The first-order chi connectivity index (χ1) is 19.0. The maximum atomic E-state index is 16.1. The van der Waals surface area contributed by atoms with Gasteiger partial charge in [0.1, 0.15) is 17.0 Å². The first-order valence-electron chi connectivity index (χ1n) is 13.1. The Kier molecular flexibility index (Phi) is 6.61. The summed E-state index contributed by atoms with van der Waals surface area (Å²) in [5.41, 5.74) is 3.40. The third-order valence-electron chi connectivity index (χ3n) is 7.03. The van der Waals surface area contributed by atoms with E-state index >= 15 is 4.39 Å². The molecular weight excluding hydrogens is 499 g/mol. The molecule has 5 aromatic heterocycles. The molecule has 1 amide bonds. The number of fused-ring (bicyclic) bond motifs is 2. The number of amides is 1. The highest BCUT2D eigenvalue weighted by molar-refractivity contribution is 5.96. The number of aromatic amines is 2. The first kappa shape index (κ1) is 24.9. The second-order valence-corrected chi connectivity index (χ2v) is 9.80. The van der Waals surface area contributed by atoms with Crippen molar-refractivity contribution in [2.75, 3.05) is 43.4 Å². The molecule has 0 radical (unpaired) electrons. The second-order valence-electron chi connectivity index (χ2n) is 9.80. The maximum absolute atomic E-state index is 16.1. The number of H-pyrrole nitrogens is 2. The zero-order valence-electron chi connectivity index (χ0n) is 21.8. The summed E-state index contributed by atoms with van der Waals surface area (Å²) in [7, 11) is 2.11. The molecule has 6 rings (SSSR count). The minimum Gasteiger partial charge on any atom is -0.352 e. The molecule has 5 aromatic rings. The minimum atomic E-state index is -0.502. The zero-order chi connectivity index (χ0) is 26.9. The lowest BCUT2D eigenvalue weighted by Crippen LogP contribution is -2.44. The summed E-state index contributed by atoms with van der Waals surface area (Å²) in [6.45, 7) is 5.62. The van der Waals surface area contributed by atoms with Gasteiger partial charge < -0.3 is 20.1 Å². The van der Waals surface area contributed by atoms with Gasteiger partial charge in [-0.2, -0.15) is 5.10 Å². The van der Waals surface area contributed by atoms with Crippen LogP contribution in [0.1, 0.15) is 26.2 Å². The van der Waals surface area contributed by atoms with Crippen LogP contribution in [0.2, 0.25) is 0 Å². The lowest BCUT2D eigenvalue weighted by Gasteiger charge is -2.33. The molecule has 0 saturated carbocycles. The van der Waals surface area contributed by atoms with Crippen LogP contribution < -0.4 is 10.2 Å². The van der Waals surface area contributed by atoms with Gasteiger partial charge in [-0.25, -0.2) is 19.3 Å². The molecule has 12 heteroatoms.